The largest absolute Gasteiger partial charge is 0.392 e. The van der Waals surface area contributed by atoms with Crippen LogP contribution in [0.4, 0.5) is 0 Å². The molecule has 2 atom stereocenters. The number of amides is 1. The van der Waals surface area contributed by atoms with E-state index in [0.717, 1.165) is 38.9 Å². The smallest absolute Gasteiger partial charge is 0.236 e. The second-order valence-corrected chi connectivity index (χ2v) is 6.88. The first-order chi connectivity index (χ1) is 10.1. The minimum Gasteiger partial charge on any atom is -0.392 e. The molecule has 1 amide bonds. The summed E-state index contributed by atoms with van der Waals surface area (Å²) in [7, 11) is 4.09. The fraction of sp³-hybridized carbons (Fsp3) is 0.938. The lowest BCUT2D eigenvalue weighted by Gasteiger charge is -2.30. The van der Waals surface area contributed by atoms with E-state index in [0.29, 0.717) is 19.1 Å². The van der Waals surface area contributed by atoms with E-state index in [2.05, 4.69) is 9.80 Å². The predicted molar refractivity (Wildman–Crippen MR) is 84.2 cm³/mol. The Morgan fingerprint density at radius 3 is 2.38 bits per heavy atom. The van der Waals surface area contributed by atoms with Crippen LogP contribution in [0, 0.1) is 0 Å². The molecule has 21 heavy (non-hydrogen) atoms. The summed E-state index contributed by atoms with van der Waals surface area (Å²) < 4.78 is 0. The molecule has 0 radical (unpaired) electrons. The van der Waals surface area contributed by atoms with Gasteiger partial charge in [-0.2, -0.15) is 0 Å². The first-order valence-electron chi connectivity index (χ1n) is 8.41. The minimum absolute atomic E-state index is 0.245. The summed E-state index contributed by atoms with van der Waals surface area (Å²) in [6.07, 6.45) is 6.57. The van der Waals surface area contributed by atoms with E-state index < -0.39 is 0 Å². The molecule has 0 aliphatic carbocycles. The Balaban J connectivity index is 1.87. The van der Waals surface area contributed by atoms with Crippen molar-refractivity contribution < 1.29 is 9.90 Å². The zero-order chi connectivity index (χ0) is 15.2. The average Bonchev–Trinajstić information content (AvgIpc) is 2.67. The minimum atomic E-state index is -0.282. The molecular formula is C16H31N3O2. The number of hydrogen-bond acceptors (Lipinski definition) is 4. The molecule has 0 bridgehead atoms. The summed E-state index contributed by atoms with van der Waals surface area (Å²) in [6.45, 7) is 3.83. The molecule has 0 aromatic rings. The molecule has 122 valence electrons. The Kier molecular flexibility index (Phi) is 6.45. The van der Waals surface area contributed by atoms with Gasteiger partial charge in [0.1, 0.15) is 0 Å². The van der Waals surface area contributed by atoms with Crippen LogP contribution >= 0.6 is 0 Å². The van der Waals surface area contributed by atoms with Crippen molar-refractivity contribution in [2.75, 3.05) is 46.8 Å². The highest BCUT2D eigenvalue weighted by Gasteiger charge is 2.33. The van der Waals surface area contributed by atoms with Gasteiger partial charge in [-0.05, 0) is 33.4 Å². The average molecular weight is 297 g/mol. The maximum absolute atomic E-state index is 12.5. The van der Waals surface area contributed by atoms with Crippen LogP contribution in [0.5, 0.6) is 0 Å². The second-order valence-electron chi connectivity index (χ2n) is 6.88. The fourth-order valence-corrected chi connectivity index (χ4v) is 3.53. The van der Waals surface area contributed by atoms with Crippen molar-refractivity contribution in [3.05, 3.63) is 0 Å². The Morgan fingerprint density at radius 1 is 1.14 bits per heavy atom. The van der Waals surface area contributed by atoms with Crippen molar-refractivity contribution in [1.82, 2.24) is 14.7 Å². The zero-order valence-corrected chi connectivity index (χ0v) is 13.6. The van der Waals surface area contributed by atoms with Gasteiger partial charge in [-0.25, -0.2) is 0 Å². The SMILES string of the molecule is CN(C)CC1CC(O)CN1CC(=O)N1CCCCCCC1. The molecule has 0 aromatic carbocycles. The van der Waals surface area contributed by atoms with Crippen LogP contribution in [0.3, 0.4) is 0 Å². The zero-order valence-electron chi connectivity index (χ0n) is 13.6. The Morgan fingerprint density at radius 2 is 1.76 bits per heavy atom. The molecule has 2 fully saturated rings. The molecule has 2 saturated heterocycles. The highest BCUT2D eigenvalue weighted by atomic mass is 16.3. The lowest BCUT2D eigenvalue weighted by atomic mass is 10.1. The van der Waals surface area contributed by atoms with Gasteiger partial charge < -0.3 is 14.9 Å². The molecule has 5 nitrogen and oxygen atoms in total. The number of likely N-dealkylation sites (N-methyl/N-ethyl adjacent to an activating group) is 1. The van der Waals surface area contributed by atoms with Crippen LogP contribution in [-0.2, 0) is 4.79 Å². The van der Waals surface area contributed by atoms with E-state index in [9.17, 15) is 9.90 Å². The fourth-order valence-electron chi connectivity index (χ4n) is 3.53. The molecule has 0 saturated carbocycles. The number of aliphatic hydroxyl groups excluding tert-OH is 1. The molecule has 2 aliphatic heterocycles. The molecule has 2 rings (SSSR count). The van der Waals surface area contributed by atoms with Crippen molar-refractivity contribution >= 4 is 5.91 Å². The number of hydrogen-bond donors (Lipinski definition) is 1. The van der Waals surface area contributed by atoms with Gasteiger partial charge in [0.25, 0.3) is 0 Å². The highest BCUT2D eigenvalue weighted by Crippen LogP contribution is 2.19. The van der Waals surface area contributed by atoms with E-state index in [-0.39, 0.29) is 12.0 Å². The van der Waals surface area contributed by atoms with Crippen LogP contribution in [0.2, 0.25) is 0 Å². The van der Waals surface area contributed by atoms with Crippen LogP contribution in [0.1, 0.15) is 38.5 Å². The van der Waals surface area contributed by atoms with E-state index in [1.54, 1.807) is 0 Å². The molecule has 0 spiro atoms. The van der Waals surface area contributed by atoms with Crippen molar-refractivity contribution in [1.29, 1.82) is 0 Å². The topological polar surface area (TPSA) is 47.0 Å². The third-order valence-electron chi connectivity index (χ3n) is 4.63. The number of β-amino-alcohol motifs (C(OH)–C–C–N with tert-alkyl or cyclic N) is 1. The van der Waals surface area contributed by atoms with Gasteiger partial charge in [0.2, 0.25) is 5.91 Å². The molecule has 2 aliphatic rings. The van der Waals surface area contributed by atoms with Gasteiger partial charge in [0.05, 0.1) is 12.6 Å². The molecule has 2 unspecified atom stereocenters. The van der Waals surface area contributed by atoms with E-state index in [1.807, 2.05) is 19.0 Å². The van der Waals surface area contributed by atoms with Crippen molar-refractivity contribution in [2.45, 2.75) is 50.7 Å². The van der Waals surface area contributed by atoms with E-state index in [1.165, 1.54) is 19.3 Å². The van der Waals surface area contributed by atoms with Crippen molar-refractivity contribution in [3.8, 4) is 0 Å². The van der Waals surface area contributed by atoms with Crippen molar-refractivity contribution in [2.24, 2.45) is 0 Å². The Bertz CT molecular complexity index is 327. The Hall–Kier alpha value is -0.650. The van der Waals surface area contributed by atoms with Gasteiger partial charge >= 0.3 is 0 Å². The lowest BCUT2D eigenvalue weighted by Crippen LogP contribution is -2.45. The molecule has 5 heteroatoms. The Labute approximate surface area is 128 Å². The predicted octanol–water partition coefficient (Wildman–Crippen LogP) is 0.776. The lowest BCUT2D eigenvalue weighted by molar-refractivity contribution is -0.133. The quantitative estimate of drug-likeness (QED) is 0.833. The molecule has 1 N–H and O–H groups in total. The van der Waals surface area contributed by atoms with Crippen LogP contribution in [0.15, 0.2) is 0 Å². The number of rotatable bonds is 4. The van der Waals surface area contributed by atoms with Crippen LogP contribution in [-0.4, -0.2) is 84.7 Å². The standard InChI is InChI=1S/C16H31N3O2/c1-17(2)11-14-10-15(20)12-19(14)13-16(21)18-8-6-4-3-5-7-9-18/h14-15,20H,3-13H2,1-2H3. The maximum atomic E-state index is 12.5. The summed E-state index contributed by atoms with van der Waals surface area (Å²) in [6, 6.07) is 0.300. The van der Waals surface area contributed by atoms with Gasteiger partial charge in [0, 0.05) is 32.2 Å². The van der Waals surface area contributed by atoms with Gasteiger partial charge in [-0.3, -0.25) is 9.69 Å². The van der Waals surface area contributed by atoms with Crippen LogP contribution < -0.4 is 0 Å². The maximum Gasteiger partial charge on any atom is 0.236 e. The van der Waals surface area contributed by atoms with Crippen LogP contribution in [0.25, 0.3) is 0 Å². The number of aliphatic hydroxyl groups is 1. The summed E-state index contributed by atoms with van der Waals surface area (Å²) in [5.74, 6) is 0.245. The number of likely N-dealkylation sites (tertiary alicyclic amines) is 2. The third-order valence-corrected chi connectivity index (χ3v) is 4.63. The van der Waals surface area contributed by atoms with Crippen molar-refractivity contribution in [3.63, 3.8) is 0 Å². The van der Waals surface area contributed by atoms with Gasteiger partial charge in [-0.15, -0.1) is 0 Å². The van der Waals surface area contributed by atoms with Gasteiger partial charge in [-0.1, -0.05) is 19.3 Å². The first kappa shape index (κ1) is 16.7. The second kappa shape index (κ2) is 8.11. The summed E-state index contributed by atoms with van der Waals surface area (Å²) >= 11 is 0. The summed E-state index contributed by atoms with van der Waals surface area (Å²) in [5, 5.41) is 9.90. The molecule has 2 heterocycles. The number of carbonyl (C=O) groups excluding carboxylic acids is 1. The number of carbonyl (C=O) groups is 1. The third kappa shape index (κ3) is 5.24. The number of nitrogens with zero attached hydrogens (tertiary/aromatic N) is 3. The van der Waals surface area contributed by atoms with Gasteiger partial charge in [0.15, 0.2) is 0 Å². The summed E-state index contributed by atoms with van der Waals surface area (Å²) in [4.78, 5) is 18.9. The monoisotopic (exact) mass is 297 g/mol. The van der Waals surface area contributed by atoms with E-state index >= 15 is 0 Å². The first-order valence-corrected chi connectivity index (χ1v) is 8.41. The highest BCUT2D eigenvalue weighted by molar-refractivity contribution is 5.78. The molecule has 0 aromatic heterocycles. The normalized spacial score (nSPS) is 28.7. The molecular weight excluding hydrogens is 266 g/mol. The summed E-state index contributed by atoms with van der Waals surface area (Å²) in [5.41, 5.74) is 0. The van der Waals surface area contributed by atoms with E-state index in [4.69, 9.17) is 0 Å².